The molecule has 0 amide bonds. The fourth-order valence-electron chi connectivity index (χ4n) is 3.21. The molecule has 0 unspecified atom stereocenters. The third-order valence-corrected chi connectivity index (χ3v) is 4.28. The van der Waals surface area contributed by atoms with Crippen molar-refractivity contribution in [3.8, 4) is 0 Å². The maximum Gasteiger partial charge on any atom is 0.0586 e. The van der Waals surface area contributed by atoms with Crippen LogP contribution in [-0.4, -0.2) is 24.9 Å². The summed E-state index contributed by atoms with van der Waals surface area (Å²) >= 11 is 0. The normalized spacial score (nSPS) is 18.2. The zero-order chi connectivity index (χ0) is 14.3. The second-order valence-electron chi connectivity index (χ2n) is 6.98. The van der Waals surface area contributed by atoms with Crippen LogP contribution in [0.2, 0.25) is 0 Å². The van der Waals surface area contributed by atoms with Crippen LogP contribution in [0.3, 0.4) is 0 Å². The Bertz CT molecular complexity index is 442. The molecule has 19 heavy (non-hydrogen) atoms. The van der Waals surface area contributed by atoms with Crippen molar-refractivity contribution in [2.45, 2.75) is 51.9 Å². The minimum absolute atomic E-state index is 0.0410. The van der Waals surface area contributed by atoms with E-state index in [2.05, 4.69) is 46.8 Å². The van der Waals surface area contributed by atoms with Crippen molar-refractivity contribution in [2.24, 2.45) is 0 Å². The Kier molecular flexibility index (Phi) is 3.76. The lowest BCUT2D eigenvalue weighted by molar-refractivity contribution is -0.0706. The summed E-state index contributed by atoms with van der Waals surface area (Å²) in [7, 11) is 0. The third-order valence-electron chi connectivity index (χ3n) is 4.28. The van der Waals surface area contributed by atoms with Crippen LogP contribution < -0.4 is 0 Å². The second-order valence-corrected chi connectivity index (χ2v) is 6.98. The number of aliphatic hydroxyl groups excluding tert-OH is 1. The third kappa shape index (κ3) is 2.56. The first-order valence-electron chi connectivity index (χ1n) is 7.11. The number of ether oxygens (including phenoxy) is 1. The Balaban J connectivity index is 2.48. The molecule has 0 saturated carbocycles. The summed E-state index contributed by atoms with van der Waals surface area (Å²) < 4.78 is 5.44. The van der Waals surface area contributed by atoms with E-state index in [1.807, 2.05) is 0 Å². The molecule has 1 aliphatic heterocycles. The van der Waals surface area contributed by atoms with E-state index in [0.717, 1.165) is 19.6 Å². The molecule has 0 aliphatic carbocycles. The maximum atomic E-state index is 9.34. The first-order valence-corrected chi connectivity index (χ1v) is 7.11. The highest BCUT2D eigenvalue weighted by Crippen LogP contribution is 2.40. The Morgan fingerprint density at radius 3 is 2.00 bits per heavy atom. The highest BCUT2D eigenvalue weighted by molar-refractivity contribution is 5.46. The summed E-state index contributed by atoms with van der Waals surface area (Å²) in [5.41, 5.74) is 5.66. The van der Waals surface area contributed by atoms with E-state index in [4.69, 9.17) is 4.74 Å². The number of aliphatic hydroxyl groups is 1. The monoisotopic (exact) mass is 262 g/mol. The molecule has 2 rings (SSSR count). The average Bonchev–Trinajstić information content (AvgIpc) is 2.23. The molecule has 1 aliphatic rings. The number of benzene rings is 1. The largest absolute Gasteiger partial charge is 0.396 e. The fraction of sp³-hybridized carbons (Fsp3) is 0.647. The Morgan fingerprint density at radius 1 is 1.16 bits per heavy atom. The molecule has 1 saturated heterocycles. The van der Waals surface area contributed by atoms with Gasteiger partial charge in [-0.2, -0.15) is 0 Å². The van der Waals surface area contributed by atoms with Crippen LogP contribution >= 0.6 is 0 Å². The number of hydrogen-bond acceptors (Lipinski definition) is 2. The first-order chi connectivity index (χ1) is 8.80. The molecule has 1 heterocycles. The molecule has 0 atom stereocenters. The predicted octanol–water partition coefficient (Wildman–Crippen LogP) is 3.25. The molecule has 1 fully saturated rings. The predicted molar refractivity (Wildman–Crippen MR) is 78.8 cm³/mol. The summed E-state index contributed by atoms with van der Waals surface area (Å²) in [6.45, 7) is 12.8. The van der Waals surface area contributed by atoms with Crippen molar-refractivity contribution in [1.82, 2.24) is 0 Å². The van der Waals surface area contributed by atoms with Gasteiger partial charge in [0.2, 0.25) is 0 Å². The molecule has 0 aromatic heterocycles. The minimum atomic E-state index is 0.0410. The van der Waals surface area contributed by atoms with Gasteiger partial charge in [-0.25, -0.2) is 0 Å². The van der Waals surface area contributed by atoms with Crippen molar-refractivity contribution in [2.75, 3.05) is 19.8 Å². The highest BCUT2D eigenvalue weighted by atomic mass is 16.5. The van der Waals surface area contributed by atoms with Crippen molar-refractivity contribution in [1.29, 1.82) is 0 Å². The quantitative estimate of drug-likeness (QED) is 0.906. The van der Waals surface area contributed by atoms with Gasteiger partial charge in [0, 0.05) is 12.0 Å². The summed E-state index contributed by atoms with van der Waals surface area (Å²) in [5, 5.41) is 9.34. The van der Waals surface area contributed by atoms with Crippen molar-refractivity contribution >= 4 is 0 Å². The molecule has 106 valence electrons. The lowest BCUT2D eigenvalue weighted by atomic mass is 9.71. The van der Waals surface area contributed by atoms with E-state index in [1.165, 1.54) is 22.3 Å². The van der Waals surface area contributed by atoms with Gasteiger partial charge in [-0.3, -0.25) is 0 Å². The van der Waals surface area contributed by atoms with Crippen LogP contribution in [0.1, 0.15) is 49.4 Å². The molecule has 1 aromatic carbocycles. The molecule has 0 radical (unpaired) electrons. The zero-order valence-corrected chi connectivity index (χ0v) is 12.8. The minimum Gasteiger partial charge on any atom is -0.396 e. The SMILES string of the molecule is Cc1cc(C(C)(C)C)cc(C)c1C1(CCO)COC1. The molecule has 2 nitrogen and oxygen atoms in total. The molecular weight excluding hydrogens is 236 g/mol. The van der Waals surface area contributed by atoms with Gasteiger partial charge < -0.3 is 9.84 Å². The highest BCUT2D eigenvalue weighted by Gasteiger charge is 2.41. The van der Waals surface area contributed by atoms with Gasteiger partial charge in [0.15, 0.2) is 0 Å². The standard InChI is InChI=1S/C17H26O2/c1-12-8-14(16(3,4)5)9-13(2)15(12)17(6-7-18)10-19-11-17/h8-9,18H,6-7,10-11H2,1-5H3. The van der Waals surface area contributed by atoms with E-state index in [9.17, 15) is 5.11 Å². The van der Waals surface area contributed by atoms with Gasteiger partial charge in [-0.05, 0) is 47.9 Å². The van der Waals surface area contributed by atoms with E-state index < -0.39 is 0 Å². The van der Waals surface area contributed by atoms with Gasteiger partial charge in [-0.15, -0.1) is 0 Å². The van der Waals surface area contributed by atoms with Crippen molar-refractivity contribution in [3.63, 3.8) is 0 Å². The molecule has 1 N–H and O–H groups in total. The Morgan fingerprint density at radius 2 is 1.68 bits per heavy atom. The van der Waals surface area contributed by atoms with Gasteiger partial charge >= 0.3 is 0 Å². The van der Waals surface area contributed by atoms with Gasteiger partial charge in [-0.1, -0.05) is 32.9 Å². The Hall–Kier alpha value is -0.860. The lowest BCUT2D eigenvalue weighted by Crippen LogP contribution is -2.48. The number of rotatable bonds is 3. The smallest absolute Gasteiger partial charge is 0.0586 e. The van der Waals surface area contributed by atoms with E-state index in [-0.39, 0.29) is 17.4 Å². The van der Waals surface area contributed by atoms with Gasteiger partial charge in [0.05, 0.1) is 13.2 Å². The zero-order valence-electron chi connectivity index (χ0n) is 12.8. The molecule has 0 bridgehead atoms. The first kappa shape index (κ1) is 14.5. The van der Waals surface area contributed by atoms with Crippen LogP contribution in [0.15, 0.2) is 12.1 Å². The average molecular weight is 262 g/mol. The van der Waals surface area contributed by atoms with Gasteiger partial charge in [0.1, 0.15) is 0 Å². The summed E-state index contributed by atoms with van der Waals surface area (Å²) in [6.07, 6.45) is 0.795. The van der Waals surface area contributed by atoms with Crippen molar-refractivity contribution < 1.29 is 9.84 Å². The van der Waals surface area contributed by atoms with Crippen LogP contribution in [0.5, 0.6) is 0 Å². The topological polar surface area (TPSA) is 29.5 Å². The fourth-order valence-corrected chi connectivity index (χ4v) is 3.21. The van der Waals surface area contributed by atoms with Crippen LogP contribution in [-0.2, 0) is 15.6 Å². The molecular formula is C17H26O2. The van der Waals surface area contributed by atoms with Crippen LogP contribution in [0.4, 0.5) is 0 Å². The van der Waals surface area contributed by atoms with E-state index in [0.29, 0.717) is 0 Å². The van der Waals surface area contributed by atoms with Crippen LogP contribution in [0, 0.1) is 13.8 Å². The van der Waals surface area contributed by atoms with E-state index in [1.54, 1.807) is 0 Å². The van der Waals surface area contributed by atoms with Gasteiger partial charge in [0.25, 0.3) is 0 Å². The van der Waals surface area contributed by atoms with Crippen molar-refractivity contribution in [3.05, 3.63) is 34.4 Å². The van der Waals surface area contributed by atoms with E-state index >= 15 is 0 Å². The maximum absolute atomic E-state index is 9.34. The Labute approximate surface area is 116 Å². The number of aryl methyl sites for hydroxylation is 2. The second kappa shape index (κ2) is 4.92. The summed E-state index contributed by atoms with van der Waals surface area (Å²) in [6, 6.07) is 4.61. The molecule has 2 heteroatoms. The number of hydrogen-bond donors (Lipinski definition) is 1. The lowest BCUT2D eigenvalue weighted by Gasteiger charge is -2.44. The molecule has 1 aromatic rings. The van der Waals surface area contributed by atoms with Crippen LogP contribution in [0.25, 0.3) is 0 Å². The summed E-state index contributed by atoms with van der Waals surface area (Å²) in [4.78, 5) is 0. The summed E-state index contributed by atoms with van der Waals surface area (Å²) in [5.74, 6) is 0. The molecule has 0 spiro atoms.